The second kappa shape index (κ2) is 6.24. The van der Waals surface area contributed by atoms with Crippen molar-refractivity contribution in [3.05, 3.63) is 23.4 Å². The second-order valence-corrected chi connectivity index (χ2v) is 5.07. The Morgan fingerprint density at radius 3 is 2.72 bits per heavy atom. The summed E-state index contributed by atoms with van der Waals surface area (Å²) >= 11 is 4.76. The smallest absolute Gasteiger partial charge is 0.389 e. The highest BCUT2D eigenvalue weighted by atomic mass is 32.2. The molecule has 100 valence electrons. The van der Waals surface area contributed by atoms with Crippen molar-refractivity contribution in [2.45, 2.75) is 12.4 Å². The van der Waals surface area contributed by atoms with Gasteiger partial charge in [0.25, 0.3) is 0 Å². The molecule has 1 aromatic rings. The predicted molar refractivity (Wildman–Crippen MR) is 71.9 cm³/mol. The van der Waals surface area contributed by atoms with Crippen molar-refractivity contribution in [2.24, 2.45) is 5.73 Å². The van der Waals surface area contributed by atoms with Gasteiger partial charge in [-0.15, -0.1) is 0 Å². The molecule has 0 saturated heterocycles. The largest absolute Gasteiger partial charge is 0.441 e. The van der Waals surface area contributed by atoms with E-state index in [4.69, 9.17) is 18.0 Å². The summed E-state index contributed by atoms with van der Waals surface area (Å²) in [4.78, 5) is 4.36. The van der Waals surface area contributed by atoms with E-state index in [2.05, 4.69) is 10.3 Å². The number of hydrogen-bond donors (Lipinski definition) is 2. The number of nitrogens with two attached hydrogens (primary N) is 1. The zero-order valence-electron chi connectivity index (χ0n) is 9.54. The van der Waals surface area contributed by atoms with Crippen LogP contribution >= 0.6 is 24.0 Å². The number of anilines is 1. The first-order valence-corrected chi connectivity index (χ1v) is 6.40. The van der Waals surface area contributed by atoms with Gasteiger partial charge in [0.2, 0.25) is 0 Å². The lowest BCUT2D eigenvalue weighted by Crippen LogP contribution is -2.13. The third-order valence-corrected chi connectivity index (χ3v) is 2.88. The van der Waals surface area contributed by atoms with E-state index in [1.165, 1.54) is 0 Å². The minimum atomic E-state index is -4.20. The van der Waals surface area contributed by atoms with Gasteiger partial charge in [0.05, 0.1) is 0 Å². The van der Waals surface area contributed by atoms with Gasteiger partial charge in [-0.05, 0) is 30.8 Å². The van der Waals surface area contributed by atoms with E-state index in [0.29, 0.717) is 17.1 Å². The Hall–Kier alpha value is -1.02. The molecule has 0 aliphatic heterocycles. The standard InChI is InChI=1S/C10H12F3N3S2/c1-6-4-7(9(14)17)5-8(16-6)15-2-3-18-10(11,12)13/h4-5H,2-3H2,1H3,(H2,14,17)(H,15,16). The van der Waals surface area contributed by atoms with E-state index in [0.717, 1.165) is 0 Å². The molecule has 1 rings (SSSR count). The number of thiocarbonyl (C=S) groups is 1. The van der Waals surface area contributed by atoms with Crippen LogP contribution in [-0.2, 0) is 0 Å². The van der Waals surface area contributed by atoms with Gasteiger partial charge >= 0.3 is 5.51 Å². The number of nitrogens with zero attached hydrogens (tertiary/aromatic N) is 1. The molecule has 0 fully saturated rings. The van der Waals surface area contributed by atoms with Gasteiger partial charge in [0.15, 0.2) is 0 Å². The minimum absolute atomic E-state index is 0.0732. The minimum Gasteiger partial charge on any atom is -0.389 e. The summed E-state index contributed by atoms with van der Waals surface area (Å²) in [6.07, 6.45) is 0. The van der Waals surface area contributed by atoms with Crippen molar-refractivity contribution in [3.8, 4) is 0 Å². The number of alkyl halides is 3. The summed E-state index contributed by atoms with van der Waals surface area (Å²) in [5.41, 5.74) is 2.63. The van der Waals surface area contributed by atoms with Gasteiger partial charge in [-0.1, -0.05) is 12.2 Å². The molecule has 0 saturated carbocycles. The molecule has 0 aromatic carbocycles. The first-order chi connectivity index (χ1) is 8.28. The molecule has 0 unspecified atom stereocenters. The summed E-state index contributed by atoms with van der Waals surface area (Å²) in [5.74, 6) is 0.391. The van der Waals surface area contributed by atoms with Crippen molar-refractivity contribution in [2.75, 3.05) is 17.6 Å². The number of aryl methyl sites for hydroxylation is 1. The Morgan fingerprint density at radius 1 is 1.50 bits per heavy atom. The van der Waals surface area contributed by atoms with E-state index in [-0.39, 0.29) is 29.0 Å². The van der Waals surface area contributed by atoms with Gasteiger partial charge in [-0.2, -0.15) is 13.2 Å². The molecular formula is C10H12F3N3S2. The SMILES string of the molecule is Cc1cc(C(N)=S)cc(NCCSC(F)(F)F)n1. The highest BCUT2D eigenvalue weighted by Crippen LogP contribution is 2.29. The van der Waals surface area contributed by atoms with Crippen LogP contribution in [0.2, 0.25) is 0 Å². The van der Waals surface area contributed by atoms with Crippen LogP contribution in [0.1, 0.15) is 11.3 Å². The first-order valence-electron chi connectivity index (χ1n) is 5.01. The summed E-state index contributed by atoms with van der Waals surface area (Å²) < 4.78 is 35.7. The van der Waals surface area contributed by atoms with Gasteiger partial charge in [-0.3, -0.25) is 0 Å². The van der Waals surface area contributed by atoms with Crippen molar-refractivity contribution >= 4 is 34.8 Å². The van der Waals surface area contributed by atoms with E-state index >= 15 is 0 Å². The van der Waals surface area contributed by atoms with E-state index < -0.39 is 5.51 Å². The third-order valence-electron chi connectivity index (χ3n) is 1.91. The maximum absolute atomic E-state index is 11.9. The lowest BCUT2D eigenvalue weighted by molar-refractivity contribution is -0.0327. The molecule has 0 aliphatic rings. The highest BCUT2D eigenvalue weighted by molar-refractivity contribution is 8.00. The molecule has 18 heavy (non-hydrogen) atoms. The van der Waals surface area contributed by atoms with Crippen molar-refractivity contribution in [1.29, 1.82) is 0 Å². The lowest BCUT2D eigenvalue weighted by Gasteiger charge is -2.09. The zero-order chi connectivity index (χ0) is 13.8. The van der Waals surface area contributed by atoms with Crippen LogP contribution in [0.15, 0.2) is 12.1 Å². The average molecular weight is 295 g/mol. The van der Waals surface area contributed by atoms with Crippen LogP contribution in [0.25, 0.3) is 0 Å². The second-order valence-electron chi connectivity index (χ2n) is 3.47. The van der Waals surface area contributed by atoms with Gasteiger partial charge in [-0.25, -0.2) is 4.98 Å². The molecule has 0 radical (unpaired) electrons. The normalized spacial score (nSPS) is 11.3. The van der Waals surface area contributed by atoms with Crippen LogP contribution in [0.5, 0.6) is 0 Å². The summed E-state index contributed by atoms with van der Waals surface area (Å²) in [6, 6.07) is 3.34. The molecule has 0 spiro atoms. The number of hydrogen-bond acceptors (Lipinski definition) is 4. The van der Waals surface area contributed by atoms with E-state index in [1.54, 1.807) is 19.1 Å². The average Bonchev–Trinajstić information content (AvgIpc) is 2.22. The maximum Gasteiger partial charge on any atom is 0.441 e. The quantitative estimate of drug-likeness (QED) is 0.646. The Labute approximate surface area is 112 Å². The van der Waals surface area contributed by atoms with Gasteiger partial charge in [0.1, 0.15) is 10.8 Å². The molecule has 1 aromatic heterocycles. The van der Waals surface area contributed by atoms with Crippen molar-refractivity contribution in [3.63, 3.8) is 0 Å². The number of pyridine rings is 1. The van der Waals surface area contributed by atoms with E-state index in [1.807, 2.05) is 0 Å². The summed E-state index contributed by atoms with van der Waals surface area (Å²) in [6.45, 7) is 1.93. The number of rotatable bonds is 5. The van der Waals surface area contributed by atoms with Crippen LogP contribution in [0.4, 0.5) is 19.0 Å². The molecule has 0 amide bonds. The number of aromatic nitrogens is 1. The third kappa shape index (κ3) is 5.54. The molecule has 3 nitrogen and oxygen atoms in total. The zero-order valence-corrected chi connectivity index (χ0v) is 11.2. The molecule has 0 bridgehead atoms. The van der Waals surface area contributed by atoms with Gasteiger partial charge < -0.3 is 11.1 Å². The van der Waals surface area contributed by atoms with Crippen LogP contribution in [-0.4, -0.2) is 27.8 Å². The monoisotopic (exact) mass is 295 g/mol. The molecule has 1 heterocycles. The van der Waals surface area contributed by atoms with Crippen LogP contribution in [0, 0.1) is 6.92 Å². The van der Waals surface area contributed by atoms with Crippen LogP contribution < -0.4 is 11.1 Å². The Bertz CT molecular complexity index is 435. The number of halogens is 3. The fourth-order valence-corrected chi connectivity index (χ4v) is 1.80. The van der Waals surface area contributed by atoms with Crippen molar-refractivity contribution < 1.29 is 13.2 Å². The Kier molecular flexibility index (Phi) is 5.21. The maximum atomic E-state index is 11.9. The fourth-order valence-electron chi connectivity index (χ4n) is 1.25. The number of thioether (sulfide) groups is 1. The lowest BCUT2D eigenvalue weighted by atomic mass is 10.2. The number of nitrogens with one attached hydrogen (secondary N) is 1. The molecule has 0 atom stereocenters. The van der Waals surface area contributed by atoms with Crippen molar-refractivity contribution in [1.82, 2.24) is 4.98 Å². The fraction of sp³-hybridized carbons (Fsp3) is 0.400. The molecule has 3 N–H and O–H groups in total. The molecule has 0 aliphatic carbocycles. The Morgan fingerprint density at radius 2 is 2.17 bits per heavy atom. The molecular weight excluding hydrogens is 283 g/mol. The topological polar surface area (TPSA) is 50.9 Å². The van der Waals surface area contributed by atoms with Gasteiger partial charge in [0, 0.05) is 23.6 Å². The van der Waals surface area contributed by atoms with Crippen LogP contribution in [0.3, 0.4) is 0 Å². The predicted octanol–water partition coefficient (Wildman–Crippen LogP) is 2.69. The van der Waals surface area contributed by atoms with E-state index in [9.17, 15) is 13.2 Å². The first kappa shape index (κ1) is 15.0. The summed E-state index contributed by atoms with van der Waals surface area (Å²) in [7, 11) is 0. The molecule has 8 heteroatoms. The highest BCUT2D eigenvalue weighted by Gasteiger charge is 2.27. The summed E-state index contributed by atoms with van der Waals surface area (Å²) in [5, 5.41) is 2.81. The Balaban J connectivity index is 2.55.